The summed E-state index contributed by atoms with van der Waals surface area (Å²) in [4.78, 5) is 14.9. The van der Waals surface area contributed by atoms with Gasteiger partial charge < -0.3 is 14.6 Å². The van der Waals surface area contributed by atoms with Crippen molar-refractivity contribution in [2.75, 3.05) is 19.7 Å². The van der Waals surface area contributed by atoms with Crippen LogP contribution in [0.1, 0.15) is 24.2 Å². The second kappa shape index (κ2) is 8.50. The van der Waals surface area contributed by atoms with Crippen molar-refractivity contribution in [1.82, 2.24) is 34.8 Å². The number of aryl methyl sites for hydroxylation is 2. The molecule has 1 atom stereocenters. The summed E-state index contributed by atoms with van der Waals surface area (Å²) in [7, 11) is 1.89. The molecule has 2 aromatic heterocycles. The predicted octanol–water partition coefficient (Wildman–Crippen LogP) is 1.39. The van der Waals surface area contributed by atoms with Crippen LogP contribution in [0.5, 0.6) is 5.75 Å². The molecule has 0 bridgehead atoms. The van der Waals surface area contributed by atoms with Crippen LogP contribution >= 0.6 is 0 Å². The maximum Gasteiger partial charge on any atom is 0.234 e. The molecule has 5 rings (SSSR count). The van der Waals surface area contributed by atoms with E-state index in [1.165, 1.54) is 0 Å². The van der Waals surface area contributed by atoms with E-state index in [1.54, 1.807) is 4.68 Å². The average Bonchev–Trinajstić information content (AvgIpc) is 3.23. The van der Waals surface area contributed by atoms with Gasteiger partial charge >= 0.3 is 0 Å². The van der Waals surface area contributed by atoms with Gasteiger partial charge in [-0.15, -0.1) is 10.2 Å². The Morgan fingerprint density at radius 3 is 3.00 bits per heavy atom. The van der Waals surface area contributed by atoms with Crippen molar-refractivity contribution in [3.05, 3.63) is 48.0 Å². The number of hydrogen-bond acceptors (Lipinski definition) is 6. The number of rotatable bonds is 4. The zero-order chi connectivity index (χ0) is 21.2. The summed E-state index contributed by atoms with van der Waals surface area (Å²) < 4.78 is 9.73. The minimum atomic E-state index is 0.0644. The van der Waals surface area contributed by atoms with Crippen LogP contribution in [-0.4, -0.2) is 61.1 Å². The molecule has 1 amide bonds. The van der Waals surface area contributed by atoms with E-state index in [2.05, 4.69) is 36.1 Å². The smallest absolute Gasteiger partial charge is 0.234 e. The van der Waals surface area contributed by atoms with Gasteiger partial charge in [0, 0.05) is 50.9 Å². The van der Waals surface area contributed by atoms with Crippen LogP contribution in [0.15, 0.2) is 36.7 Å². The highest BCUT2D eigenvalue weighted by molar-refractivity contribution is 5.78. The summed E-state index contributed by atoms with van der Waals surface area (Å²) in [6.45, 7) is 3.22. The first kappa shape index (κ1) is 19.7. The first-order valence-corrected chi connectivity index (χ1v) is 10.8. The molecule has 0 saturated heterocycles. The van der Waals surface area contributed by atoms with Crippen molar-refractivity contribution in [2.45, 2.75) is 38.4 Å². The largest absolute Gasteiger partial charge is 0.492 e. The number of carbonyl (C=O) groups excluding carboxylic acids is 1. The lowest BCUT2D eigenvalue weighted by molar-refractivity contribution is -0.123. The number of fused-ring (bicyclic) bond motifs is 2. The van der Waals surface area contributed by atoms with Gasteiger partial charge in [0.05, 0.1) is 18.3 Å². The number of carbonyl (C=O) groups is 1. The number of para-hydroxylation sites is 1. The second-order valence-electron chi connectivity index (χ2n) is 8.25. The fourth-order valence-corrected chi connectivity index (χ4v) is 4.37. The Bertz CT molecular complexity index is 1070. The summed E-state index contributed by atoms with van der Waals surface area (Å²) in [6, 6.07) is 8.17. The molecule has 2 aliphatic rings. The third-order valence-corrected chi connectivity index (χ3v) is 5.97. The van der Waals surface area contributed by atoms with Gasteiger partial charge in [-0.05, 0) is 18.9 Å². The molecule has 9 nitrogen and oxygen atoms in total. The Kier molecular flexibility index (Phi) is 5.42. The fourth-order valence-electron chi connectivity index (χ4n) is 4.37. The third-order valence-electron chi connectivity index (χ3n) is 5.97. The molecule has 9 heteroatoms. The molecule has 0 fully saturated rings. The highest BCUT2D eigenvalue weighted by atomic mass is 16.5. The van der Waals surface area contributed by atoms with E-state index in [-0.39, 0.29) is 11.9 Å². The zero-order valence-corrected chi connectivity index (χ0v) is 17.7. The number of amides is 1. The van der Waals surface area contributed by atoms with Gasteiger partial charge in [0.15, 0.2) is 5.82 Å². The molecule has 1 aromatic carbocycles. The van der Waals surface area contributed by atoms with Gasteiger partial charge in [-0.25, -0.2) is 0 Å². The maximum atomic E-state index is 12.8. The molecule has 1 N–H and O–H groups in total. The van der Waals surface area contributed by atoms with E-state index in [9.17, 15) is 4.79 Å². The molecule has 0 radical (unpaired) electrons. The van der Waals surface area contributed by atoms with Crippen molar-refractivity contribution in [3.63, 3.8) is 0 Å². The maximum absolute atomic E-state index is 12.8. The molecule has 2 aliphatic heterocycles. The van der Waals surface area contributed by atoms with Crippen LogP contribution in [0, 0.1) is 0 Å². The van der Waals surface area contributed by atoms with Crippen molar-refractivity contribution in [2.24, 2.45) is 7.05 Å². The van der Waals surface area contributed by atoms with Crippen LogP contribution in [0.4, 0.5) is 0 Å². The van der Waals surface area contributed by atoms with Gasteiger partial charge in [0.2, 0.25) is 5.91 Å². The van der Waals surface area contributed by atoms with E-state index >= 15 is 0 Å². The Hall–Kier alpha value is -3.20. The fraction of sp³-hybridized carbons (Fsp3) is 0.455. The Morgan fingerprint density at radius 2 is 2.13 bits per heavy atom. The van der Waals surface area contributed by atoms with Gasteiger partial charge in [-0.1, -0.05) is 18.2 Å². The van der Waals surface area contributed by atoms with Gasteiger partial charge in [-0.3, -0.25) is 14.4 Å². The van der Waals surface area contributed by atoms with Crippen LogP contribution in [0.2, 0.25) is 0 Å². The van der Waals surface area contributed by atoms with Crippen molar-refractivity contribution in [3.8, 4) is 17.1 Å². The number of benzene rings is 1. The minimum Gasteiger partial charge on any atom is -0.492 e. The molecule has 3 aromatic rings. The van der Waals surface area contributed by atoms with Crippen molar-refractivity contribution in [1.29, 1.82) is 0 Å². The summed E-state index contributed by atoms with van der Waals surface area (Å²) in [5, 5.41) is 16.2. The topological polar surface area (TPSA) is 90.1 Å². The highest BCUT2D eigenvalue weighted by Gasteiger charge is 2.24. The Balaban J connectivity index is 1.19. The zero-order valence-electron chi connectivity index (χ0n) is 17.7. The Morgan fingerprint density at radius 1 is 1.23 bits per heavy atom. The standard InChI is InChI=1S/C22H27N7O2/c1-27-13-17(12-23-27)22-26-25-20-7-6-18(8-9-29(20)22)24-21(30)15-28-10-11-31-19-5-3-2-4-16(19)14-28/h2-5,12-13,18H,6-11,14-15H2,1H3,(H,24,30). The number of nitrogens with zero attached hydrogens (tertiary/aromatic N) is 6. The average molecular weight is 422 g/mol. The van der Waals surface area contributed by atoms with Crippen molar-refractivity contribution < 1.29 is 9.53 Å². The van der Waals surface area contributed by atoms with Gasteiger partial charge in [-0.2, -0.15) is 5.10 Å². The lowest BCUT2D eigenvalue weighted by atomic mass is 10.1. The SMILES string of the molecule is Cn1cc(-c2nnc3n2CCC(NC(=O)CN2CCOc4ccccc4C2)CC3)cn1. The van der Waals surface area contributed by atoms with Crippen LogP contribution < -0.4 is 10.1 Å². The molecule has 0 saturated carbocycles. The highest BCUT2D eigenvalue weighted by Crippen LogP contribution is 2.23. The molecule has 162 valence electrons. The summed E-state index contributed by atoms with van der Waals surface area (Å²) in [5.74, 6) is 2.80. The van der Waals surface area contributed by atoms with Gasteiger partial charge in [0.25, 0.3) is 0 Å². The van der Waals surface area contributed by atoms with Crippen LogP contribution in [0.25, 0.3) is 11.4 Å². The molecule has 31 heavy (non-hydrogen) atoms. The number of hydrogen-bond donors (Lipinski definition) is 1. The Labute approximate surface area is 181 Å². The first-order valence-electron chi connectivity index (χ1n) is 10.8. The molecule has 4 heterocycles. The molecular weight excluding hydrogens is 394 g/mol. The van der Waals surface area contributed by atoms with E-state index in [4.69, 9.17) is 4.74 Å². The van der Waals surface area contributed by atoms with E-state index < -0.39 is 0 Å². The number of ether oxygens (including phenoxy) is 1. The molecular formula is C22H27N7O2. The predicted molar refractivity (Wildman–Crippen MR) is 114 cm³/mol. The third kappa shape index (κ3) is 4.32. The van der Waals surface area contributed by atoms with E-state index in [0.29, 0.717) is 13.2 Å². The summed E-state index contributed by atoms with van der Waals surface area (Å²) in [5.41, 5.74) is 2.09. The van der Waals surface area contributed by atoms with Crippen molar-refractivity contribution >= 4 is 5.91 Å². The second-order valence-corrected chi connectivity index (χ2v) is 8.25. The molecule has 0 spiro atoms. The minimum absolute atomic E-state index is 0.0644. The van der Waals surface area contributed by atoms with Crippen LogP contribution in [-0.2, 0) is 31.4 Å². The normalized spacial score (nSPS) is 18.9. The number of aromatic nitrogens is 5. The van der Waals surface area contributed by atoms with E-state index in [0.717, 1.165) is 67.4 Å². The summed E-state index contributed by atoms with van der Waals surface area (Å²) >= 11 is 0. The molecule has 1 unspecified atom stereocenters. The number of nitrogens with one attached hydrogen (secondary N) is 1. The van der Waals surface area contributed by atoms with Gasteiger partial charge in [0.1, 0.15) is 18.2 Å². The van der Waals surface area contributed by atoms with Crippen LogP contribution in [0.3, 0.4) is 0 Å². The molecule has 0 aliphatic carbocycles. The quantitative estimate of drug-likeness (QED) is 0.685. The lowest BCUT2D eigenvalue weighted by Gasteiger charge is -2.21. The summed E-state index contributed by atoms with van der Waals surface area (Å²) in [6.07, 6.45) is 6.27. The monoisotopic (exact) mass is 421 g/mol. The first-order chi connectivity index (χ1) is 15.2. The lowest BCUT2D eigenvalue weighted by Crippen LogP contribution is -2.42. The van der Waals surface area contributed by atoms with E-state index in [1.807, 2.05) is 37.6 Å².